The maximum absolute atomic E-state index is 4.25. The number of nitrogens with one attached hydrogen (secondary N) is 2. The number of aromatic nitrogens is 4. The maximum Gasteiger partial charge on any atom is 0.182 e. The Morgan fingerprint density at radius 3 is 3.18 bits per heavy atom. The molecule has 0 saturated carbocycles. The van der Waals surface area contributed by atoms with E-state index >= 15 is 0 Å². The molecule has 5 heteroatoms. The molecule has 0 aromatic carbocycles. The third-order valence-corrected chi connectivity index (χ3v) is 3.16. The standard InChI is InChI=1S/C12H15N5/c1-2-4-9(5-3-1)6-13-11-10-12(15-7-14-10)17-8-16-11/h1-2,7-9H,3-6H2,(H2,13,14,15,16,17)/t9-/m0/s1. The van der Waals surface area contributed by atoms with E-state index in [1.54, 1.807) is 12.7 Å². The van der Waals surface area contributed by atoms with Gasteiger partial charge in [0.05, 0.1) is 6.33 Å². The number of hydrogen-bond donors (Lipinski definition) is 2. The number of nitrogens with zero attached hydrogens (tertiary/aromatic N) is 3. The molecule has 0 spiro atoms. The normalized spacial score (nSPS) is 19.6. The van der Waals surface area contributed by atoms with Crippen molar-refractivity contribution in [3.05, 3.63) is 24.8 Å². The minimum atomic E-state index is 0.702. The van der Waals surface area contributed by atoms with Crippen molar-refractivity contribution in [1.29, 1.82) is 0 Å². The molecule has 0 aliphatic heterocycles. The van der Waals surface area contributed by atoms with Gasteiger partial charge in [-0.1, -0.05) is 12.2 Å². The highest BCUT2D eigenvalue weighted by Crippen LogP contribution is 2.20. The number of hydrogen-bond acceptors (Lipinski definition) is 4. The van der Waals surface area contributed by atoms with Gasteiger partial charge in [-0.25, -0.2) is 15.0 Å². The van der Waals surface area contributed by atoms with Crippen LogP contribution < -0.4 is 5.32 Å². The molecule has 17 heavy (non-hydrogen) atoms. The zero-order chi connectivity index (χ0) is 11.5. The molecule has 2 N–H and O–H groups in total. The molecule has 2 aromatic rings. The fraction of sp³-hybridized carbons (Fsp3) is 0.417. The van der Waals surface area contributed by atoms with E-state index in [2.05, 4.69) is 37.4 Å². The van der Waals surface area contributed by atoms with Crippen LogP contribution in [-0.4, -0.2) is 26.5 Å². The predicted molar refractivity (Wildman–Crippen MR) is 66.7 cm³/mol. The van der Waals surface area contributed by atoms with Crippen molar-refractivity contribution >= 4 is 17.0 Å². The Morgan fingerprint density at radius 2 is 2.29 bits per heavy atom. The molecule has 2 aromatic heterocycles. The van der Waals surface area contributed by atoms with Crippen molar-refractivity contribution in [2.45, 2.75) is 19.3 Å². The molecule has 0 radical (unpaired) electrons. The third kappa shape index (κ3) is 2.13. The summed E-state index contributed by atoms with van der Waals surface area (Å²) >= 11 is 0. The first-order chi connectivity index (χ1) is 8.43. The van der Waals surface area contributed by atoms with Crippen LogP contribution in [0.2, 0.25) is 0 Å². The Labute approximate surface area is 99.4 Å². The molecule has 88 valence electrons. The van der Waals surface area contributed by atoms with E-state index in [1.165, 1.54) is 12.8 Å². The Hall–Kier alpha value is -1.91. The highest BCUT2D eigenvalue weighted by Gasteiger charge is 2.11. The summed E-state index contributed by atoms with van der Waals surface area (Å²) in [6.45, 7) is 0.954. The second-order valence-corrected chi connectivity index (χ2v) is 4.35. The average Bonchev–Trinajstić information content (AvgIpc) is 2.86. The van der Waals surface area contributed by atoms with Gasteiger partial charge in [0, 0.05) is 6.54 Å². The summed E-state index contributed by atoms with van der Waals surface area (Å²) in [5.74, 6) is 1.55. The summed E-state index contributed by atoms with van der Waals surface area (Å²) in [5, 5.41) is 3.39. The Balaban J connectivity index is 1.72. The molecule has 0 amide bonds. The van der Waals surface area contributed by atoms with E-state index in [0.29, 0.717) is 11.6 Å². The summed E-state index contributed by atoms with van der Waals surface area (Å²) in [6.07, 6.45) is 11.3. The first-order valence-electron chi connectivity index (χ1n) is 5.96. The molecule has 0 unspecified atom stereocenters. The van der Waals surface area contributed by atoms with Gasteiger partial charge >= 0.3 is 0 Å². The van der Waals surface area contributed by atoms with Gasteiger partial charge in [0.25, 0.3) is 0 Å². The number of imidazole rings is 1. The summed E-state index contributed by atoms with van der Waals surface area (Å²) in [6, 6.07) is 0. The van der Waals surface area contributed by atoms with Crippen molar-refractivity contribution in [1.82, 2.24) is 19.9 Å². The van der Waals surface area contributed by atoms with Gasteiger partial charge in [0.1, 0.15) is 11.8 Å². The van der Waals surface area contributed by atoms with Crippen molar-refractivity contribution in [2.75, 3.05) is 11.9 Å². The van der Waals surface area contributed by atoms with Gasteiger partial charge in [-0.15, -0.1) is 0 Å². The first kappa shape index (κ1) is 10.3. The largest absolute Gasteiger partial charge is 0.368 e. The van der Waals surface area contributed by atoms with Crippen LogP contribution in [0.1, 0.15) is 19.3 Å². The molecule has 1 atom stereocenters. The van der Waals surface area contributed by atoms with Gasteiger partial charge in [0.15, 0.2) is 11.5 Å². The first-order valence-corrected chi connectivity index (χ1v) is 5.96. The van der Waals surface area contributed by atoms with E-state index in [1.807, 2.05) is 0 Å². The summed E-state index contributed by atoms with van der Waals surface area (Å²) in [4.78, 5) is 15.5. The van der Waals surface area contributed by atoms with Crippen LogP contribution in [0.15, 0.2) is 24.8 Å². The molecule has 0 fully saturated rings. The molecular weight excluding hydrogens is 214 g/mol. The lowest BCUT2D eigenvalue weighted by molar-refractivity contribution is 0.504. The fourth-order valence-electron chi connectivity index (χ4n) is 2.18. The van der Waals surface area contributed by atoms with Gasteiger partial charge in [-0.2, -0.15) is 0 Å². The minimum Gasteiger partial charge on any atom is -0.368 e. The lowest BCUT2D eigenvalue weighted by Gasteiger charge is -2.18. The molecule has 3 rings (SSSR count). The highest BCUT2D eigenvalue weighted by atomic mass is 15.1. The van der Waals surface area contributed by atoms with Crippen molar-refractivity contribution in [3.63, 3.8) is 0 Å². The van der Waals surface area contributed by atoms with E-state index in [4.69, 9.17) is 0 Å². The number of fused-ring (bicyclic) bond motifs is 1. The molecule has 1 aliphatic rings. The highest BCUT2D eigenvalue weighted by molar-refractivity contribution is 5.81. The molecule has 2 heterocycles. The monoisotopic (exact) mass is 229 g/mol. The molecule has 0 saturated heterocycles. The third-order valence-electron chi connectivity index (χ3n) is 3.16. The number of allylic oxidation sites excluding steroid dienone is 2. The fourth-order valence-corrected chi connectivity index (χ4v) is 2.18. The van der Waals surface area contributed by atoms with Gasteiger partial charge < -0.3 is 10.3 Å². The van der Waals surface area contributed by atoms with Crippen LogP contribution in [0.5, 0.6) is 0 Å². The Morgan fingerprint density at radius 1 is 1.29 bits per heavy atom. The van der Waals surface area contributed by atoms with E-state index in [9.17, 15) is 0 Å². The topological polar surface area (TPSA) is 66.5 Å². The van der Waals surface area contributed by atoms with Crippen LogP contribution in [0, 0.1) is 5.92 Å². The van der Waals surface area contributed by atoms with Crippen LogP contribution in [0.25, 0.3) is 11.2 Å². The second-order valence-electron chi connectivity index (χ2n) is 4.35. The second kappa shape index (κ2) is 4.53. The van der Waals surface area contributed by atoms with E-state index < -0.39 is 0 Å². The number of anilines is 1. The average molecular weight is 229 g/mol. The van der Waals surface area contributed by atoms with E-state index in [-0.39, 0.29) is 0 Å². The minimum absolute atomic E-state index is 0.702. The maximum atomic E-state index is 4.25. The van der Waals surface area contributed by atoms with Gasteiger partial charge in [-0.3, -0.25) is 0 Å². The van der Waals surface area contributed by atoms with Crippen molar-refractivity contribution in [3.8, 4) is 0 Å². The summed E-state index contributed by atoms with van der Waals surface area (Å²) < 4.78 is 0. The Kier molecular flexibility index (Phi) is 2.73. The predicted octanol–water partition coefficient (Wildman–Crippen LogP) is 2.12. The van der Waals surface area contributed by atoms with Crippen LogP contribution in [0.3, 0.4) is 0 Å². The van der Waals surface area contributed by atoms with Crippen molar-refractivity contribution < 1.29 is 0 Å². The van der Waals surface area contributed by atoms with Crippen molar-refractivity contribution in [2.24, 2.45) is 5.92 Å². The lowest BCUT2D eigenvalue weighted by Crippen LogP contribution is -2.16. The molecule has 1 aliphatic carbocycles. The molecular formula is C12H15N5. The SMILES string of the molecule is C1=CC[C@H](CNc2ncnc3nc[nH]c23)CC1. The number of rotatable bonds is 3. The van der Waals surface area contributed by atoms with Crippen LogP contribution in [-0.2, 0) is 0 Å². The Bertz CT molecular complexity index is 530. The summed E-state index contributed by atoms with van der Waals surface area (Å²) in [5.41, 5.74) is 1.60. The zero-order valence-electron chi connectivity index (χ0n) is 9.56. The smallest absolute Gasteiger partial charge is 0.182 e. The quantitative estimate of drug-likeness (QED) is 0.791. The van der Waals surface area contributed by atoms with Crippen LogP contribution in [0.4, 0.5) is 5.82 Å². The molecule has 5 nitrogen and oxygen atoms in total. The molecule has 0 bridgehead atoms. The zero-order valence-corrected chi connectivity index (χ0v) is 9.56. The number of aromatic amines is 1. The summed E-state index contributed by atoms with van der Waals surface area (Å²) in [7, 11) is 0. The van der Waals surface area contributed by atoms with Gasteiger partial charge in [-0.05, 0) is 25.2 Å². The van der Waals surface area contributed by atoms with E-state index in [0.717, 1.165) is 24.3 Å². The number of H-pyrrole nitrogens is 1. The van der Waals surface area contributed by atoms with Gasteiger partial charge in [0.2, 0.25) is 0 Å². The van der Waals surface area contributed by atoms with Crippen LogP contribution >= 0.6 is 0 Å². The lowest BCUT2D eigenvalue weighted by atomic mass is 9.94.